The van der Waals surface area contributed by atoms with Gasteiger partial charge in [-0.15, -0.1) is 11.3 Å². The predicted octanol–water partition coefficient (Wildman–Crippen LogP) is 3.11. The molecule has 0 fully saturated rings. The van der Waals surface area contributed by atoms with Crippen molar-refractivity contribution in [3.63, 3.8) is 0 Å². The van der Waals surface area contributed by atoms with E-state index in [-0.39, 0.29) is 5.91 Å². The maximum atomic E-state index is 11.9. The Morgan fingerprint density at radius 3 is 2.89 bits per heavy atom. The molecule has 0 spiro atoms. The second-order valence-corrected chi connectivity index (χ2v) is 4.79. The predicted molar refractivity (Wildman–Crippen MR) is 72.9 cm³/mol. The molecular formula is C12H8ClN3OS. The fourth-order valence-electron chi connectivity index (χ4n) is 1.34. The molecule has 0 atom stereocenters. The number of carbonyl (C=O) groups is 1. The first-order valence-electron chi connectivity index (χ1n) is 4.96. The molecule has 18 heavy (non-hydrogen) atoms. The summed E-state index contributed by atoms with van der Waals surface area (Å²) < 4.78 is 0. The zero-order valence-electron chi connectivity index (χ0n) is 9.11. The van der Waals surface area contributed by atoms with Crippen molar-refractivity contribution in [2.24, 2.45) is 0 Å². The average Bonchev–Trinajstić information content (AvgIpc) is 2.79. The molecule has 0 aliphatic rings. The minimum Gasteiger partial charge on any atom is -0.398 e. The summed E-state index contributed by atoms with van der Waals surface area (Å²) in [7, 11) is 0. The van der Waals surface area contributed by atoms with Gasteiger partial charge in [-0.3, -0.25) is 4.79 Å². The molecule has 1 amide bonds. The standard InChI is InChI=1S/C12H8ClN3OS/c13-9-5-7(1-2-10(9)15)11(17)16-12-8(6-14)3-4-18-12/h1-5H,15H2,(H,16,17). The smallest absolute Gasteiger partial charge is 0.256 e. The first kappa shape index (κ1) is 12.4. The van der Waals surface area contributed by atoms with Crippen LogP contribution in [0.2, 0.25) is 5.02 Å². The van der Waals surface area contributed by atoms with E-state index in [0.29, 0.717) is 26.8 Å². The topological polar surface area (TPSA) is 78.9 Å². The normalized spacial score (nSPS) is 9.78. The van der Waals surface area contributed by atoms with Crippen molar-refractivity contribution in [1.82, 2.24) is 0 Å². The number of halogens is 1. The number of anilines is 2. The number of rotatable bonds is 2. The van der Waals surface area contributed by atoms with Crippen LogP contribution in [0.3, 0.4) is 0 Å². The third-order valence-electron chi connectivity index (χ3n) is 2.28. The van der Waals surface area contributed by atoms with E-state index >= 15 is 0 Å². The molecule has 0 unspecified atom stereocenters. The third kappa shape index (κ3) is 2.45. The molecule has 0 saturated heterocycles. The van der Waals surface area contributed by atoms with E-state index in [1.165, 1.54) is 17.4 Å². The molecule has 0 aliphatic heterocycles. The number of hydrogen-bond acceptors (Lipinski definition) is 4. The maximum Gasteiger partial charge on any atom is 0.256 e. The highest BCUT2D eigenvalue weighted by atomic mass is 35.5. The summed E-state index contributed by atoms with van der Waals surface area (Å²) >= 11 is 7.14. The molecule has 0 radical (unpaired) electrons. The zero-order valence-corrected chi connectivity index (χ0v) is 10.7. The quantitative estimate of drug-likeness (QED) is 0.828. The first-order valence-corrected chi connectivity index (χ1v) is 6.21. The van der Waals surface area contributed by atoms with Gasteiger partial charge in [-0.1, -0.05) is 11.6 Å². The Hall–Kier alpha value is -2.03. The van der Waals surface area contributed by atoms with Gasteiger partial charge in [-0.05, 0) is 29.6 Å². The molecule has 2 aromatic rings. The Labute approximate surface area is 113 Å². The molecule has 6 heteroatoms. The highest BCUT2D eigenvalue weighted by Crippen LogP contribution is 2.24. The van der Waals surface area contributed by atoms with Crippen LogP contribution in [0.15, 0.2) is 29.6 Å². The number of benzene rings is 1. The van der Waals surface area contributed by atoms with Crippen molar-refractivity contribution in [3.05, 3.63) is 45.8 Å². The van der Waals surface area contributed by atoms with E-state index in [0.717, 1.165) is 0 Å². The molecule has 1 aromatic heterocycles. The Balaban J connectivity index is 2.23. The van der Waals surface area contributed by atoms with E-state index in [2.05, 4.69) is 5.32 Å². The molecule has 0 aliphatic carbocycles. The van der Waals surface area contributed by atoms with Crippen molar-refractivity contribution >= 4 is 39.5 Å². The fraction of sp³-hybridized carbons (Fsp3) is 0. The number of nitrogens with zero attached hydrogens (tertiary/aromatic N) is 1. The van der Waals surface area contributed by atoms with Crippen LogP contribution in [0.25, 0.3) is 0 Å². The van der Waals surface area contributed by atoms with Gasteiger partial charge in [0.25, 0.3) is 5.91 Å². The van der Waals surface area contributed by atoms with Gasteiger partial charge in [0.15, 0.2) is 0 Å². The van der Waals surface area contributed by atoms with E-state index in [1.54, 1.807) is 23.6 Å². The Kier molecular flexibility index (Phi) is 3.51. The lowest BCUT2D eigenvalue weighted by Gasteiger charge is -2.05. The maximum absolute atomic E-state index is 11.9. The summed E-state index contributed by atoms with van der Waals surface area (Å²) in [6.07, 6.45) is 0. The number of hydrogen-bond donors (Lipinski definition) is 2. The Morgan fingerprint density at radius 2 is 2.22 bits per heavy atom. The third-order valence-corrected chi connectivity index (χ3v) is 3.43. The van der Waals surface area contributed by atoms with E-state index in [9.17, 15) is 4.79 Å². The molecule has 0 saturated carbocycles. The molecule has 3 N–H and O–H groups in total. The van der Waals surface area contributed by atoms with Gasteiger partial charge in [0.1, 0.15) is 11.1 Å². The van der Waals surface area contributed by atoms with Crippen LogP contribution in [0.5, 0.6) is 0 Å². The van der Waals surface area contributed by atoms with Gasteiger partial charge in [0.2, 0.25) is 0 Å². The fourth-order valence-corrected chi connectivity index (χ4v) is 2.25. The molecule has 4 nitrogen and oxygen atoms in total. The monoisotopic (exact) mass is 277 g/mol. The van der Waals surface area contributed by atoms with Gasteiger partial charge >= 0.3 is 0 Å². The van der Waals surface area contributed by atoms with Crippen LogP contribution >= 0.6 is 22.9 Å². The summed E-state index contributed by atoms with van der Waals surface area (Å²) in [5, 5.41) is 14.1. The average molecular weight is 278 g/mol. The van der Waals surface area contributed by atoms with Gasteiger partial charge < -0.3 is 11.1 Å². The number of nitrogens with one attached hydrogen (secondary N) is 1. The highest BCUT2D eigenvalue weighted by Gasteiger charge is 2.11. The SMILES string of the molecule is N#Cc1ccsc1NC(=O)c1ccc(N)c(Cl)c1. The minimum atomic E-state index is -0.323. The summed E-state index contributed by atoms with van der Waals surface area (Å²) in [6.45, 7) is 0. The lowest BCUT2D eigenvalue weighted by atomic mass is 10.2. The van der Waals surface area contributed by atoms with Crippen LogP contribution in [-0.2, 0) is 0 Å². The van der Waals surface area contributed by atoms with Crippen LogP contribution in [0.4, 0.5) is 10.7 Å². The van der Waals surface area contributed by atoms with Crippen molar-refractivity contribution in [2.45, 2.75) is 0 Å². The number of thiophene rings is 1. The van der Waals surface area contributed by atoms with Crippen LogP contribution < -0.4 is 11.1 Å². The number of nitrogens with two attached hydrogens (primary N) is 1. The van der Waals surface area contributed by atoms with Gasteiger partial charge in [0, 0.05) is 5.56 Å². The lowest BCUT2D eigenvalue weighted by Crippen LogP contribution is -2.11. The first-order chi connectivity index (χ1) is 8.61. The number of nitrogen functional groups attached to an aromatic ring is 1. The van der Waals surface area contributed by atoms with Crippen LogP contribution in [0.1, 0.15) is 15.9 Å². The van der Waals surface area contributed by atoms with Crippen LogP contribution in [-0.4, -0.2) is 5.91 Å². The lowest BCUT2D eigenvalue weighted by molar-refractivity contribution is 0.102. The van der Waals surface area contributed by atoms with Crippen molar-refractivity contribution in [3.8, 4) is 6.07 Å². The van der Waals surface area contributed by atoms with E-state index in [4.69, 9.17) is 22.6 Å². The van der Waals surface area contributed by atoms with Gasteiger partial charge in [0.05, 0.1) is 16.3 Å². The minimum absolute atomic E-state index is 0.323. The Bertz CT molecular complexity index is 645. The van der Waals surface area contributed by atoms with Crippen molar-refractivity contribution < 1.29 is 4.79 Å². The summed E-state index contributed by atoms with van der Waals surface area (Å²) in [5.74, 6) is -0.323. The van der Waals surface area contributed by atoms with E-state index < -0.39 is 0 Å². The summed E-state index contributed by atoms with van der Waals surface area (Å²) in [6, 6.07) is 8.29. The second-order valence-electron chi connectivity index (χ2n) is 3.47. The van der Waals surface area contributed by atoms with Crippen molar-refractivity contribution in [1.29, 1.82) is 5.26 Å². The number of nitriles is 1. The summed E-state index contributed by atoms with van der Waals surface area (Å²) in [4.78, 5) is 11.9. The molecular weight excluding hydrogens is 270 g/mol. The molecule has 90 valence electrons. The number of carbonyl (C=O) groups excluding carboxylic acids is 1. The zero-order chi connectivity index (χ0) is 13.1. The molecule has 1 heterocycles. The van der Waals surface area contributed by atoms with Gasteiger partial charge in [-0.2, -0.15) is 5.26 Å². The summed E-state index contributed by atoms with van der Waals surface area (Å²) in [5.41, 5.74) is 6.82. The second kappa shape index (κ2) is 5.08. The molecule has 2 rings (SSSR count). The molecule has 1 aromatic carbocycles. The highest BCUT2D eigenvalue weighted by molar-refractivity contribution is 7.14. The van der Waals surface area contributed by atoms with Crippen LogP contribution in [0, 0.1) is 11.3 Å². The van der Waals surface area contributed by atoms with Gasteiger partial charge in [-0.25, -0.2) is 0 Å². The molecule has 0 bridgehead atoms. The Morgan fingerprint density at radius 1 is 1.44 bits per heavy atom. The van der Waals surface area contributed by atoms with Crippen molar-refractivity contribution in [2.75, 3.05) is 11.1 Å². The van der Waals surface area contributed by atoms with E-state index in [1.807, 2.05) is 6.07 Å². The number of amides is 1. The largest absolute Gasteiger partial charge is 0.398 e.